The zero-order valence-corrected chi connectivity index (χ0v) is 12.4. The summed E-state index contributed by atoms with van der Waals surface area (Å²) in [6.07, 6.45) is 3.54. The Labute approximate surface area is 128 Å². The average Bonchev–Trinajstić information content (AvgIpc) is 2.92. The second-order valence-corrected chi connectivity index (χ2v) is 5.69. The Balaban J connectivity index is 1.70. The molecule has 21 heavy (non-hydrogen) atoms. The predicted molar refractivity (Wildman–Crippen MR) is 85.1 cm³/mol. The fraction of sp³-hybridized carbons (Fsp3) is 0.235. The van der Waals surface area contributed by atoms with Crippen molar-refractivity contribution in [2.75, 3.05) is 0 Å². The van der Waals surface area contributed by atoms with E-state index in [2.05, 4.69) is 18.2 Å². The summed E-state index contributed by atoms with van der Waals surface area (Å²) in [6.45, 7) is 0.430. The molecule has 1 aliphatic rings. The van der Waals surface area contributed by atoms with Gasteiger partial charge in [0.25, 0.3) is 0 Å². The first-order valence-electron chi connectivity index (χ1n) is 6.96. The van der Waals surface area contributed by atoms with Crippen LogP contribution < -0.4 is 10.5 Å². The van der Waals surface area contributed by atoms with Gasteiger partial charge in [-0.3, -0.25) is 0 Å². The van der Waals surface area contributed by atoms with Gasteiger partial charge in [0.05, 0.1) is 0 Å². The van der Waals surface area contributed by atoms with E-state index >= 15 is 0 Å². The molecule has 0 saturated heterocycles. The molecule has 0 aromatic heterocycles. The first-order valence-corrected chi connectivity index (χ1v) is 7.37. The Morgan fingerprint density at radius 1 is 1.14 bits per heavy atom. The van der Waals surface area contributed by atoms with E-state index in [-0.39, 0.29) is 10.6 Å². The molecule has 2 aromatic rings. The number of nitrogens with two attached hydrogens (primary N) is 1. The lowest BCUT2D eigenvalue weighted by molar-refractivity contribution is 0.304. The maximum Gasteiger partial charge on any atom is 0.137 e. The molecule has 1 aliphatic carbocycles. The zero-order valence-electron chi connectivity index (χ0n) is 11.6. The standard InChI is InChI=1S/C17H16FNOS/c18-16-9-14(6-7-15(16)17(19)21)20-10-11-4-5-12-2-1-3-13(12)8-11/h4-9H,1-3,10H2,(H2,19,21). The second-order valence-electron chi connectivity index (χ2n) is 5.25. The molecule has 2 aromatic carbocycles. The quantitative estimate of drug-likeness (QED) is 0.878. The van der Waals surface area contributed by atoms with Gasteiger partial charge >= 0.3 is 0 Å². The fourth-order valence-corrected chi connectivity index (χ4v) is 2.83. The number of ether oxygens (including phenoxy) is 1. The Bertz CT molecular complexity index is 699. The minimum atomic E-state index is -0.450. The number of hydrogen-bond donors (Lipinski definition) is 1. The van der Waals surface area contributed by atoms with Crippen LogP contribution in [0.5, 0.6) is 5.75 Å². The summed E-state index contributed by atoms with van der Waals surface area (Å²) in [5, 5.41) is 0. The van der Waals surface area contributed by atoms with Crippen LogP contribution in [0.1, 0.15) is 28.7 Å². The highest BCUT2D eigenvalue weighted by atomic mass is 32.1. The summed E-state index contributed by atoms with van der Waals surface area (Å²) < 4.78 is 19.4. The van der Waals surface area contributed by atoms with Gasteiger partial charge in [-0.25, -0.2) is 4.39 Å². The molecule has 0 amide bonds. The molecule has 0 fully saturated rings. The molecular formula is C17H16FNOS. The van der Waals surface area contributed by atoms with Crippen LogP contribution in [0.25, 0.3) is 0 Å². The van der Waals surface area contributed by atoms with Crippen LogP contribution >= 0.6 is 12.2 Å². The molecule has 0 radical (unpaired) electrons. The molecular weight excluding hydrogens is 285 g/mol. The van der Waals surface area contributed by atoms with E-state index in [9.17, 15) is 4.39 Å². The minimum absolute atomic E-state index is 0.0534. The minimum Gasteiger partial charge on any atom is -0.489 e. The van der Waals surface area contributed by atoms with Crippen LogP contribution in [0.4, 0.5) is 4.39 Å². The topological polar surface area (TPSA) is 35.2 Å². The van der Waals surface area contributed by atoms with Crippen LogP contribution in [-0.2, 0) is 19.4 Å². The van der Waals surface area contributed by atoms with E-state index in [1.165, 1.54) is 30.0 Å². The monoisotopic (exact) mass is 301 g/mol. The molecule has 0 spiro atoms. The number of aryl methyl sites for hydroxylation is 2. The average molecular weight is 301 g/mol. The molecule has 2 nitrogen and oxygen atoms in total. The largest absolute Gasteiger partial charge is 0.489 e. The summed E-state index contributed by atoms with van der Waals surface area (Å²) in [5.74, 6) is 0.0296. The number of rotatable bonds is 4. The second kappa shape index (κ2) is 5.82. The van der Waals surface area contributed by atoms with Gasteiger partial charge in [0, 0.05) is 11.6 Å². The van der Waals surface area contributed by atoms with Crippen LogP contribution in [0.3, 0.4) is 0 Å². The van der Waals surface area contributed by atoms with Gasteiger partial charge in [0.2, 0.25) is 0 Å². The van der Waals surface area contributed by atoms with Crippen LogP contribution in [-0.4, -0.2) is 4.99 Å². The van der Waals surface area contributed by atoms with E-state index < -0.39 is 5.82 Å². The van der Waals surface area contributed by atoms with Gasteiger partial charge < -0.3 is 10.5 Å². The SMILES string of the molecule is NC(=S)c1ccc(OCc2ccc3c(c2)CCC3)cc1F. The molecule has 4 heteroatoms. The Hall–Kier alpha value is -1.94. The van der Waals surface area contributed by atoms with Crippen molar-refractivity contribution in [3.05, 3.63) is 64.5 Å². The van der Waals surface area contributed by atoms with Gasteiger partial charge in [0.1, 0.15) is 23.2 Å². The lowest BCUT2D eigenvalue weighted by atomic mass is 10.1. The van der Waals surface area contributed by atoms with E-state index in [0.29, 0.717) is 12.4 Å². The first kappa shape index (κ1) is 14.0. The van der Waals surface area contributed by atoms with Gasteiger partial charge in [-0.05, 0) is 48.1 Å². The molecule has 0 aliphatic heterocycles. The Morgan fingerprint density at radius 3 is 2.71 bits per heavy atom. The third kappa shape index (κ3) is 3.05. The highest BCUT2D eigenvalue weighted by Crippen LogP contribution is 2.24. The third-order valence-corrected chi connectivity index (χ3v) is 3.99. The van der Waals surface area contributed by atoms with Crippen molar-refractivity contribution in [2.45, 2.75) is 25.9 Å². The van der Waals surface area contributed by atoms with Crippen molar-refractivity contribution in [3.8, 4) is 5.75 Å². The molecule has 0 atom stereocenters. The lowest BCUT2D eigenvalue weighted by Gasteiger charge is -2.09. The Kier molecular flexibility index (Phi) is 3.88. The zero-order chi connectivity index (χ0) is 14.8. The van der Waals surface area contributed by atoms with Crippen molar-refractivity contribution in [3.63, 3.8) is 0 Å². The van der Waals surface area contributed by atoms with Crippen molar-refractivity contribution in [1.82, 2.24) is 0 Å². The van der Waals surface area contributed by atoms with Gasteiger partial charge in [-0.2, -0.15) is 0 Å². The lowest BCUT2D eigenvalue weighted by Crippen LogP contribution is -2.11. The maximum absolute atomic E-state index is 13.8. The van der Waals surface area contributed by atoms with E-state index in [1.54, 1.807) is 12.1 Å². The van der Waals surface area contributed by atoms with Gasteiger partial charge in [0.15, 0.2) is 0 Å². The number of hydrogen-bond acceptors (Lipinski definition) is 2. The normalized spacial score (nSPS) is 13.0. The molecule has 2 N–H and O–H groups in total. The van der Waals surface area contributed by atoms with Crippen molar-refractivity contribution < 1.29 is 9.13 Å². The summed E-state index contributed by atoms with van der Waals surface area (Å²) in [6, 6.07) is 11.0. The number of fused-ring (bicyclic) bond motifs is 1. The van der Waals surface area contributed by atoms with E-state index in [1.807, 2.05) is 0 Å². The fourth-order valence-electron chi connectivity index (χ4n) is 2.67. The number of halogens is 1. The third-order valence-electron chi connectivity index (χ3n) is 3.77. The van der Waals surface area contributed by atoms with Crippen molar-refractivity contribution in [2.24, 2.45) is 5.73 Å². The molecule has 108 valence electrons. The molecule has 0 unspecified atom stereocenters. The summed E-state index contributed by atoms with van der Waals surface area (Å²) in [5.41, 5.74) is 9.63. The summed E-state index contributed by atoms with van der Waals surface area (Å²) >= 11 is 4.78. The number of thiocarbonyl (C=S) groups is 1. The van der Waals surface area contributed by atoms with Crippen LogP contribution in [0.15, 0.2) is 36.4 Å². The molecule has 0 saturated carbocycles. The summed E-state index contributed by atoms with van der Waals surface area (Å²) in [4.78, 5) is 0.0534. The van der Waals surface area contributed by atoms with E-state index in [0.717, 1.165) is 12.0 Å². The highest BCUT2D eigenvalue weighted by molar-refractivity contribution is 7.80. The maximum atomic E-state index is 13.8. The molecule has 3 rings (SSSR count). The van der Waals surface area contributed by atoms with Crippen LogP contribution in [0, 0.1) is 5.82 Å². The predicted octanol–water partition coefficient (Wildman–Crippen LogP) is 3.53. The van der Waals surface area contributed by atoms with Crippen molar-refractivity contribution >= 4 is 17.2 Å². The smallest absolute Gasteiger partial charge is 0.137 e. The summed E-state index contributed by atoms with van der Waals surface area (Å²) in [7, 11) is 0. The number of benzene rings is 2. The van der Waals surface area contributed by atoms with Crippen LogP contribution in [0.2, 0.25) is 0 Å². The van der Waals surface area contributed by atoms with Crippen molar-refractivity contribution in [1.29, 1.82) is 0 Å². The van der Waals surface area contributed by atoms with Gasteiger partial charge in [-0.1, -0.05) is 30.4 Å². The molecule has 0 bridgehead atoms. The van der Waals surface area contributed by atoms with E-state index in [4.69, 9.17) is 22.7 Å². The Morgan fingerprint density at radius 2 is 1.95 bits per heavy atom. The highest BCUT2D eigenvalue weighted by Gasteiger charge is 2.11. The molecule has 0 heterocycles. The van der Waals surface area contributed by atoms with Gasteiger partial charge in [-0.15, -0.1) is 0 Å². The first-order chi connectivity index (χ1) is 10.1.